The summed E-state index contributed by atoms with van der Waals surface area (Å²) >= 11 is 0. The molecule has 4 heterocycles. The van der Waals surface area contributed by atoms with E-state index in [1.54, 1.807) is 24.4 Å². The predicted octanol–water partition coefficient (Wildman–Crippen LogP) is 3.26. The zero-order valence-electron chi connectivity index (χ0n) is 20.7. The predicted molar refractivity (Wildman–Crippen MR) is 137 cm³/mol. The van der Waals surface area contributed by atoms with Crippen LogP contribution in [0.3, 0.4) is 0 Å². The molecular weight excluding hydrogens is 480 g/mol. The van der Waals surface area contributed by atoms with Crippen molar-refractivity contribution in [1.29, 1.82) is 0 Å². The normalized spacial score (nSPS) is 17.9. The molecule has 1 aliphatic heterocycles. The van der Waals surface area contributed by atoms with Gasteiger partial charge in [-0.2, -0.15) is 8.42 Å². The second-order valence-electron chi connectivity index (χ2n) is 9.30. The minimum absolute atomic E-state index is 0.00308. The first-order valence-corrected chi connectivity index (χ1v) is 13.2. The fraction of sp³-hybridized carbons (Fsp3) is 0.360. The van der Waals surface area contributed by atoms with Crippen LogP contribution in [0.15, 0.2) is 53.7 Å². The van der Waals surface area contributed by atoms with Crippen molar-refractivity contribution >= 4 is 27.6 Å². The number of hydrogen-bond acceptors (Lipinski definition) is 9. The highest BCUT2D eigenvalue weighted by Crippen LogP contribution is 2.32. The van der Waals surface area contributed by atoms with Crippen LogP contribution >= 0.6 is 0 Å². The average Bonchev–Trinajstić information content (AvgIpc) is 3.16. The first kappa shape index (κ1) is 25.4. The van der Waals surface area contributed by atoms with Gasteiger partial charge in [0, 0.05) is 30.4 Å². The van der Waals surface area contributed by atoms with E-state index in [0.29, 0.717) is 29.9 Å². The van der Waals surface area contributed by atoms with E-state index in [1.165, 1.54) is 18.2 Å². The number of carbonyl (C=O) groups excluding carboxylic acids is 1. The quantitative estimate of drug-likeness (QED) is 0.490. The van der Waals surface area contributed by atoms with E-state index in [2.05, 4.69) is 28.5 Å². The minimum Gasteiger partial charge on any atom is -0.475 e. The highest BCUT2D eigenvalue weighted by atomic mass is 32.2. The molecule has 0 spiro atoms. The number of pyridine rings is 3. The number of sulfonamides is 1. The Morgan fingerprint density at radius 2 is 1.92 bits per heavy atom. The fourth-order valence-corrected chi connectivity index (χ4v) is 5.20. The Labute approximate surface area is 211 Å². The topological polar surface area (TPSA) is 140 Å². The lowest BCUT2D eigenvalue weighted by atomic mass is 10.1. The minimum atomic E-state index is -4.23. The summed E-state index contributed by atoms with van der Waals surface area (Å²) in [7, 11) is -4.23. The molecule has 1 amide bonds. The molecule has 2 unspecified atom stereocenters. The summed E-state index contributed by atoms with van der Waals surface area (Å²) in [6.45, 7) is 8.74. The third-order valence-corrected chi connectivity index (χ3v) is 7.04. The van der Waals surface area contributed by atoms with Gasteiger partial charge in [0.05, 0.1) is 17.4 Å². The number of nitrogens with zero attached hydrogens (tertiary/aromatic N) is 4. The van der Waals surface area contributed by atoms with Gasteiger partial charge in [0.1, 0.15) is 11.6 Å². The van der Waals surface area contributed by atoms with Crippen LogP contribution in [0, 0.1) is 5.92 Å². The van der Waals surface area contributed by atoms with E-state index in [0.717, 1.165) is 12.0 Å². The fourth-order valence-electron chi connectivity index (χ4n) is 4.25. The molecule has 3 N–H and O–H groups in total. The van der Waals surface area contributed by atoms with E-state index in [1.807, 2.05) is 24.8 Å². The summed E-state index contributed by atoms with van der Waals surface area (Å²) < 4.78 is 33.3. The van der Waals surface area contributed by atoms with E-state index in [4.69, 9.17) is 15.5 Å². The van der Waals surface area contributed by atoms with Crippen molar-refractivity contribution in [1.82, 2.24) is 19.7 Å². The molecule has 1 aliphatic rings. The van der Waals surface area contributed by atoms with Crippen LogP contribution in [-0.2, 0) is 10.0 Å². The number of amides is 1. The molecule has 1 fully saturated rings. The van der Waals surface area contributed by atoms with Crippen LogP contribution in [0.25, 0.3) is 11.3 Å². The number of ether oxygens (including phenoxy) is 1. The Morgan fingerprint density at radius 1 is 1.14 bits per heavy atom. The second-order valence-corrected chi connectivity index (χ2v) is 10.9. The maximum atomic E-state index is 13.2. The molecule has 0 saturated carbocycles. The van der Waals surface area contributed by atoms with E-state index in [9.17, 15) is 13.2 Å². The third-order valence-electron chi connectivity index (χ3n) is 5.81. The van der Waals surface area contributed by atoms with Crippen LogP contribution in [0.4, 0.5) is 11.6 Å². The van der Waals surface area contributed by atoms with Crippen LogP contribution in [-0.4, -0.2) is 48.0 Å². The van der Waals surface area contributed by atoms with Gasteiger partial charge in [-0.25, -0.2) is 19.7 Å². The highest BCUT2D eigenvalue weighted by molar-refractivity contribution is 7.90. The van der Waals surface area contributed by atoms with Crippen molar-refractivity contribution in [2.75, 3.05) is 17.2 Å². The number of carbonyl (C=O) groups is 1. The summed E-state index contributed by atoms with van der Waals surface area (Å²) in [5.74, 6) is 0.567. The smallest absolute Gasteiger partial charge is 0.281 e. The Kier molecular flexibility index (Phi) is 7.11. The van der Waals surface area contributed by atoms with E-state index >= 15 is 0 Å². The zero-order chi connectivity index (χ0) is 26.0. The lowest BCUT2D eigenvalue weighted by Crippen LogP contribution is -2.35. The van der Waals surface area contributed by atoms with Gasteiger partial charge in [0.25, 0.3) is 15.9 Å². The van der Waals surface area contributed by atoms with Gasteiger partial charge < -0.3 is 15.4 Å². The molecule has 190 valence electrons. The van der Waals surface area contributed by atoms with Gasteiger partial charge in [-0.15, -0.1) is 0 Å². The number of anilines is 2. The molecule has 3 aromatic rings. The molecule has 0 aliphatic carbocycles. The molecule has 0 bridgehead atoms. The molecule has 11 heteroatoms. The van der Waals surface area contributed by atoms with Gasteiger partial charge in [-0.3, -0.25) is 4.79 Å². The molecule has 36 heavy (non-hydrogen) atoms. The third kappa shape index (κ3) is 5.56. The summed E-state index contributed by atoms with van der Waals surface area (Å²) in [5.41, 5.74) is 7.13. The number of nitrogen functional groups attached to an aromatic ring is 1. The van der Waals surface area contributed by atoms with Gasteiger partial charge >= 0.3 is 0 Å². The molecule has 0 aromatic carbocycles. The van der Waals surface area contributed by atoms with E-state index < -0.39 is 15.9 Å². The number of nitrogens with one attached hydrogen (secondary N) is 1. The van der Waals surface area contributed by atoms with Crippen LogP contribution in [0.5, 0.6) is 5.88 Å². The van der Waals surface area contributed by atoms with Gasteiger partial charge in [-0.05, 0) is 63.4 Å². The van der Waals surface area contributed by atoms with Crippen LogP contribution < -0.4 is 20.1 Å². The van der Waals surface area contributed by atoms with Gasteiger partial charge in [-0.1, -0.05) is 13.0 Å². The molecule has 3 aromatic heterocycles. The molecule has 1 saturated heterocycles. The summed E-state index contributed by atoms with van der Waals surface area (Å²) in [6, 6.07) is 11.2. The number of aromatic nitrogens is 3. The first-order valence-electron chi connectivity index (χ1n) is 11.7. The maximum Gasteiger partial charge on any atom is 0.281 e. The summed E-state index contributed by atoms with van der Waals surface area (Å²) in [4.78, 5) is 28.2. The average molecular weight is 511 g/mol. The standard InChI is InChI=1S/C25H30N6O4S/c1-15(2)35-22-11-8-18(13-27-22)20-10-9-19(24(28-20)31-14-16(3)12-17(31)4)25(32)30-36(33,34)23-7-5-6-21(26)29-23/h5-11,13,15-17H,12,14H2,1-4H3,(H2,26,29)(H,30,32). The Hall–Kier alpha value is -3.73. The summed E-state index contributed by atoms with van der Waals surface area (Å²) in [6.07, 6.45) is 2.60. The maximum absolute atomic E-state index is 13.2. The summed E-state index contributed by atoms with van der Waals surface area (Å²) in [5, 5.41) is -0.333. The lowest BCUT2D eigenvalue weighted by molar-refractivity contribution is 0.0981. The molecule has 4 rings (SSSR count). The SMILES string of the molecule is CC1CC(C)N(c2nc(-c3ccc(OC(C)C)nc3)ccc2C(=O)NS(=O)(=O)c2cccc(N)n2)C1. The van der Waals surface area contributed by atoms with Crippen molar-refractivity contribution in [2.45, 2.75) is 51.3 Å². The lowest BCUT2D eigenvalue weighted by Gasteiger charge is -2.25. The first-order chi connectivity index (χ1) is 17.0. The number of hydrogen-bond donors (Lipinski definition) is 2. The van der Waals surface area contributed by atoms with Crippen molar-refractivity contribution < 1.29 is 17.9 Å². The molecule has 0 radical (unpaired) electrons. The monoisotopic (exact) mass is 510 g/mol. The largest absolute Gasteiger partial charge is 0.475 e. The Balaban J connectivity index is 1.70. The highest BCUT2D eigenvalue weighted by Gasteiger charge is 2.32. The number of rotatable bonds is 7. The van der Waals surface area contributed by atoms with E-state index in [-0.39, 0.29) is 28.6 Å². The molecule has 10 nitrogen and oxygen atoms in total. The van der Waals surface area contributed by atoms with Crippen molar-refractivity contribution in [3.8, 4) is 17.1 Å². The zero-order valence-corrected chi connectivity index (χ0v) is 21.5. The molecular formula is C25H30N6O4S. The van der Waals surface area contributed by atoms with Crippen molar-refractivity contribution in [3.63, 3.8) is 0 Å². The van der Waals surface area contributed by atoms with Crippen LogP contribution in [0.1, 0.15) is 44.5 Å². The van der Waals surface area contributed by atoms with Gasteiger partial charge in [0.15, 0.2) is 5.03 Å². The number of nitrogens with two attached hydrogens (primary N) is 1. The van der Waals surface area contributed by atoms with Crippen molar-refractivity contribution in [2.24, 2.45) is 5.92 Å². The van der Waals surface area contributed by atoms with Gasteiger partial charge in [0.2, 0.25) is 5.88 Å². The molecule has 2 atom stereocenters. The Morgan fingerprint density at radius 3 is 2.53 bits per heavy atom. The van der Waals surface area contributed by atoms with Crippen molar-refractivity contribution in [3.05, 3.63) is 54.2 Å². The van der Waals surface area contributed by atoms with Crippen LogP contribution in [0.2, 0.25) is 0 Å². The second kappa shape index (κ2) is 10.1. The Bertz CT molecular complexity index is 1360.